The molecule has 0 spiro atoms. The quantitative estimate of drug-likeness (QED) is 0.276. The second-order valence-electron chi connectivity index (χ2n) is 6.99. The molecule has 0 aliphatic rings. The molecule has 0 aliphatic carbocycles. The fourth-order valence-electron chi connectivity index (χ4n) is 3.19. The lowest BCUT2D eigenvalue weighted by Gasteiger charge is -2.08. The number of nitro benzene ring substituents is 1. The van der Waals surface area contributed by atoms with Crippen LogP contribution in [0.5, 0.6) is 17.2 Å². The van der Waals surface area contributed by atoms with Crippen molar-refractivity contribution in [3.8, 4) is 17.2 Å². The van der Waals surface area contributed by atoms with Gasteiger partial charge in [-0.2, -0.15) is 0 Å². The predicted octanol–water partition coefficient (Wildman–Crippen LogP) is 5.55. The van der Waals surface area contributed by atoms with Crippen LogP contribution in [0.1, 0.15) is 17.9 Å². The first kappa shape index (κ1) is 21.6. The number of aliphatic carboxylic acids is 1. The van der Waals surface area contributed by atoms with Crippen LogP contribution in [0, 0.1) is 10.1 Å². The first-order chi connectivity index (χ1) is 15.9. The Kier molecular flexibility index (Phi) is 6.03. The molecule has 0 saturated heterocycles. The maximum Gasteiger partial charge on any atom is 0.312 e. The Hall–Kier alpha value is -4.66. The van der Waals surface area contributed by atoms with Gasteiger partial charge in [-0.15, -0.1) is 0 Å². The third kappa shape index (κ3) is 4.99. The van der Waals surface area contributed by atoms with E-state index in [1.54, 1.807) is 54.6 Å². The summed E-state index contributed by atoms with van der Waals surface area (Å²) in [5.74, 6) is 0.129. The van der Waals surface area contributed by atoms with Crippen LogP contribution in [0.2, 0.25) is 0 Å². The van der Waals surface area contributed by atoms with E-state index in [0.717, 1.165) is 0 Å². The van der Waals surface area contributed by atoms with E-state index in [1.165, 1.54) is 25.3 Å². The fourth-order valence-corrected chi connectivity index (χ4v) is 3.19. The smallest absolute Gasteiger partial charge is 0.312 e. The molecule has 4 aromatic rings. The van der Waals surface area contributed by atoms with Crippen molar-refractivity contribution in [3.05, 3.63) is 88.3 Å². The van der Waals surface area contributed by atoms with Gasteiger partial charge in [0.25, 0.3) is 0 Å². The van der Waals surface area contributed by atoms with Crippen LogP contribution in [0.4, 0.5) is 5.69 Å². The van der Waals surface area contributed by atoms with Gasteiger partial charge >= 0.3 is 11.7 Å². The number of hydrogen-bond acceptors (Lipinski definition) is 7. The molecule has 9 heteroatoms. The number of carbonyl (C=O) groups is 1. The van der Waals surface area contributed by atoms with Crippen molar-refractivity contribution in [1.82, 2.24) is 4.98 Å². The number of benzene rings is 3. The average Bonchev–Trinajstić information content (AvgIpc) is 3.24. The molecule has 0 saturated carbocycles. The highest BCUT2D eigenvalue weighted by atomic mass is 16.6. The summed E-state index contributed by atoms with van der Waals surface area (Å²) in [6.45, 7) is 0. The summed E-state index contributed by atoms with van der Waals surface area (Å²) >= 11 is 0. The first-order valence-corrected chi connectivity index (χ1v) is 9.81. The number of rotatable bonds is 8. The maximum absolute atomic E-state index is 11.7. The number of methoxy groups -OCH3 is 1. The van der Waals surface area contributed by atoms with Gasteiger partial charge in [-0.25, -0.2) is 4.98 Å². The number of hydrogen-bond donors (Lipinski definition) is 1. The summed E-state index contributed by atoms with van der Waals surface area (Å²) in [5.41, 5.74) is 1.50. The molecular formula is C24H18N2O7. The van der Waals surface area contributed by atoms with E-state index in [2.05, 4.69) is 4.98 Å². The van der Waals surface area contributed by atoms with Gasteiger partial charge in [-0.05, 0) is 54.1 Å². The summed E-state index contributed by atoms with van der Waals surface area (Å²) in [5, 5.41) is 21.0. The lowest BCUT2D eigenvalue weighted by molar-refractivity contribution is -0.385. The van der Waals surface area contributed by atoms with Crippen molar-refractivity contribution in [2.45, 2.75) is 6.42 Å². The Morgan fingerprint density at radius 1 is 1.12 bits per heavy atom. The standard InChI is InChI=1S/C24H18N2O7/c1-31-17-7-9-18(10-8-17)32-22-11-6-15(13-20(22)26(29)30)12-16(14-23(27)28)24-25-19-4-2-3-5-21(19)33-24/h2-13H,14H2,1H3,(H,27,28)/b16-12+. The highest BCUT2D eigenvalue weighted by molar-refractivity contribution is 5.91. The lowest BCUT2D eigenvalue weighted by atomic mass is 10.1. The summed E-state index contributed by atoms with van der Waals surface area (Å²) in [7, 11) is 1.53. The van der Waals surface area contributed by atoms with Gasteiger partial charge < -0.3 is 19.0 Å². The second-order valence-corrected chi connectivity index (χ2v) is 6.99. The van der Waals surface area contributed by atoms with E-state index in [4.69, 9.17) is 13.9 Å². The van der Waals surface area contributed by atoms with Crippen LogP contribution in [-0.4, -0.2) is 28.1 Å². The third-order valence-corrected chi connectivity index (χ3v) is 4.72. The average molecular weight is 446 g/mol. The normalized spacial score (nSPS) is 11.4. The maximum atomic E-state index is 11.7. The molecule has 33 heavy (non-hydrogen) atoms. The number of nitrogens with zero attached hydrogens (tertiary/aromatic N) is 2. The van der Waals surface area contributed by atoms with Gasteiger partial charge in [-0.3, -0.25) is 14.9 Å². The van der Waals surface area contributed by atoms with E-state index in [0.29, 0.717) is 28.2 Å². The number of aromatic nitrogens is 1. The van der Waals surface area contributed by atoms with Crippen molar-refractivity contribution < 1.29 is 28.7 Å². The van der Waals surface area contributed by atoms with E-state index < -0.39 is 10.9 Å². The number of carboxylic acid groups (broad SMARTS) is 1. The molecule has 0 aliphatic heterocycles. The van der Waals surface area contributed by atoms with Crippen LogP contribution in [0.3, 0.4) is 0 Å². The molecule has 9 nitrogen and oxygen atoms in total. The highest BCUT2D eigenvalue weighted by Crippen LogP contribution is 2.34. The number of carboxylic acids is 1. The number of para-hydroxylation sites is 2. The molecule has 1 N–H and O–H groups in total. The van der Waals surface area contributed by atoms with Crippen LogP contribution < -0.4 is 9.47 Å². The fraction of sp³-hybridized carbons (Fsp3) is 0.0833. The zero-order valence-corrected chi connectivity index (χ0v) is 17.4. The van der Waals surface area contributed by atoms with Crippen molar-refractivity contribution in [1.29, 1.82) is 0 Å². The van der Waals surface area contributed by atoms with Gasteiger partial charge in [-0.1, -0.05) is 18.2 Å². The van der Waals surface area contributed by atoms with Gasteiger partial charge in [0.1, 0.15) is 17.0 Å². The Bertz CT molecular complexity index is 1320. The summed E-state index contributed by atoms with van der Waals surface area (Å²) in [4.78, 5) is 26.9. The molecule has 3 aromatic carbocycles. The van der Waals surface area contributed by atoms with Crippen molar-refractivity contribution in [2.24, 2.45) is 0 Å². The molecule has 0 radical (unpaired) electrons. The largest absolute Gasteiger partial charge is 0.497 e. The minimum absolute atomic E-state index is 0.0453. The highest BCUT2D eigenvalue weighted by Gasteiger charge is 2.19. The molecular weight excluding hydrogens is 428 g/mol. The molecule has 0 unspecified atom stereocenters. The van der Waals surface area contributed by atoms with Crippen molar-refractivity contribution >= 4 is 34.4 Å². The lowest BCUT2D eigenvalue weighted by Crippen LogP contribution is -1.98. The number of ether oxygens (including phenoxy) is 2. The minimum atomic E-state index is -1.09. The van der Waals surface area contributed by atoms with Crippen LogP contribution >= 0.6 is 0 Å². The van der Waals surface area contributed by atoms with E-state index in [1.807, 2.05) is 0 Å². The van der Waals surface area contributed by atoms with E-state index in [-0.39, 0.29) is 29.3 Å². The second kappa shape index (κ2) is 9.23. The van der Waals surface area contributed by atoms with Crippen LogP contribution in [0.25, 0.3) is 22.7 Å². The molecule has 0 amide bonds. The Labute approximate surface area is 187 Å². The van der Waals surface area contributed by atoms with E-state index in [9.17, 15) is 20.0 Å². The number of oxazole rings is 1. The Morgan fingerprint density at radius 2 is 1.85 bits per heavy atom. The first-order valence-electron chi connectivity index (χ1n) is 9.81. The predicted molar refractivity (Wildman–Crippen MR) is 120 cm³/mol. The molecule has 166 valence electrons. The molecule has 0 fully saturated rings. The molecule has 1 heterocycles. The monoisotopic (exact) mass is 446 g/mol. The minimum Gasteiger partial charge on any atom is -0.497 e. The van der Waals surface area contributed by atoms with Gasteiger partial charge in [0.2, 0.25) is 11.6 Å². The van der Waals surface area contributed by atoms with Gasteiger partial charge in [0.05, 0.1) is 18.5 Å². The zero-order valence-electron chi connectivity index (χ0n) is 17.4. The molecule has 0 bridgehead atoms. The third-order valence-electron chi connectivity index (χ3n) is 4.72. The molecule has 0 atom stereocenters. The number of nitro groups is 1. The van der Waals surface area contributed by atoms with Crippen LogP contribution in [-0.2, 0) is 4.79 Å². The topological polar surface area (TPSA) is 125 Å². The SMILES string of the molecule is COc1ccc(Oc2ccc(/C=C(\CC(=O)O)c3nc4ccccc4o3)cc2[N+](=O)[O-])cc1. The van der Waals surface area contributed by atoms with Gasteiger partial charge in [0.15, 0.2) is 5.58 Å². The summed E-state index contributed by atoms with van der Waals surface area (Å²) in [6, 6.07) is 18.0. The van der Waals surface area contributed by atoms with Gasteiger partial charge in [0, 0.05) is 11.6 Å². The number of fused-ring (bicyclic) bond motifs is 1. The zero-order chi connectivity index (χ0) is 23.4. The Balaban J connectivity index is 1.70. The van der Waals surface area contributed by atoms with Crippen molar-refractivity contribution in [3.63, 3.8) is 0 Å². The molecule has 4 rings (SSSR count). The summed E-state index contributed by atoms with van der Waals surface area (Å²) < 4.78 is 16.5. The van der Waals surface area contributed by atoms with Crippen molar-refractivity contribution in [2.75, 3.05) is 7.11 Å². The molecule has 1 aromatic heterocycles. The van der Waals surface area contributed by atoms with E-state index >= 15 is 0 Å². The van der Waals surface area contributed by atoms with Crippen LogP contribution in [0.15, 0.2) is 71.1 Å². The summed E-state index contributed by atoms with van der Waals surface area (Å²) in [6.07, 6.45) is 1.13. The Morgan fingerprint density at radius 3 is 2.52 bits per heavy atom.